The molecule has 1 aromatic carbocycles. The fourth-order valence-corrected chi connectivity index (χ4v) is 9.62. The number of aliphatic carboxylic acids is 1. The first-order valence-electron chi connectivity index (χ1n) is 14.7. The Kier molecular flexibility index (Phi) is 7.40. The van der Waals surface area contributed by atoms with E-state index < -0.39 is 17.9 Å². The van der Waals surface area contributed by atoms with Crippen LogP contribution in [0.4, 0.5) is 0 Å². The molecule has 0 aromatic heterocycles. The van der Waals surface area contributed by atoms with Crippen LogP contribution in [0.1, 0.15) is 106 Å². The lowest BCUT2D eigenvalue weighted by Crippen LogP contribution is -2.59. The molecule has 0 aliphatic heterocycles. The SMILES string of the molecule is C[C@H](CCC(=O)O)[C@H]1CC[C@H]2[C@@H]3[C@H](OC(=O)c4cccc(C(=O)O)c4)CC4CC(=O)CC[C@]4(C)[C@H]3CC[C@]12C. The predicted octanol–water partition coefficient (Wildman–Crippen LogP) is 6.25. The first kappa shape index (κ1) is 27.9. The Morgan fingerprint density at radius 1 is 1.03 bits per heavy atom. The predicted molar refractivity (Wildman–Crippen MR) is 144 cm³/mol. The number of carboxylic acids is 2. The van der Waals surface area contributed by atoms with E-state index in [1.54, 1.807) is 12.1 Å². The number of Topliss-reactive ketones (excluding diaryl/α,β-unsaturated/α-hetero) is 1. The van der Waals surface area contributed by atoms with Crippen LogP contribution in [-0.4, -0.2) is 40.0 Å². The van der Waals surface area contributed by atoms with Crippen LogP contribution in [0.15, 0.2) is 24.3 Å². The van der Waals surface area contributed by atoms with Crippen molar-refractivity contribution in [2.45, 2.75) is 91.1 Å². The first-order valence-corrected chi connectivity index (χ1v) is 14.7. The minimum Gasteiger partial charge on any atom is -0.481 e. The van der Waals surface area contributed by atoms with E-state index in [4.69, 9.17) is 4.74 Å². The number of hydrogen-bond donors (Lipinski definition) is 2. The van der Waals surface area contributed by atoms with Gasteiger partial charge in [0, 0.05) is 25.2 Å². The van der Waals surface area contributed by atoms with Crippen LogP contribution in [0.2, 0.25) is 0 Å². The highest BCUT2D eigenvalue weighted by molar-refractivity contribution is 5.94. The number of carbonyl (C=O) groups is 4. The Labute approximate surface area is 230 Å². The number of carboxylic acid groups (broad SMARTS) is 2. The molecular formula is C32H42O7. The number of ether oxygens (including phenoxy) is 1. The molecule has 2 N–H and O–H groups in total. The molecule has 0 heterocycles. The summed E-state index contributed by atoms with van der Waals surface area (Å²) < 4.78 is 6.32. The van der Waals surface area contributed by atoms with Crippen LogP contribution in [0, 0.1) is 46.3 Å². The van der Waals surface area contributed by atoms with Crippen molar-refractivity contribution in [2.24, 2.45) is 46.3 Å². The second-order valence-corrected chi connectivity index (χ2v) is 13.4. The van der Waals surface area contributed by atoms with E-state index in [2.05, 4.69) is 20.8 Å². The standard InChI is InChI=1S/C32H42O7/c1-18(7-10-27(34)35)23-8-9-24-28-25(12-14-32(23,24)3)31(2)13-11-22(33)16-21(31)17-26(28)39-30(38)20-6-4-5-19(15-20)29(36)37/h4-6,15,18,21,23-26,28H,7-14,16-17H2,1-3H3,(H,34,35)(H,36,37)/t18-,21?,23-,24+,25+,26-,28+,31+,32-/m1/s1. The maximum absolute atomic E-state index is 13.4. The van der Waals surface area contributed by atoms with Gasteiger partial charge >= 0.3 is 17.9 Å². The molecule has 4 aliphatic carbocycles. The fourth-order valence-electron chi connectivity index (χ4n) is 9.62. The second kappa shape index (κ2) is 10.4. The van der Waals surface area contributed by atoms with Crippen LogP contribution in [0.5, 0.6) is 0 Å². The molecular weight excluding hydrogens is 496 g/mol. The highest BCUT2D eigenvalue weighted by Crippen LogP contribution is 2.68. The fraction of sp³-hybridized carbons (Fsp3) is 0.688. The number of carbonyl (C=O) groups excluding carboxylic acids is 2. The number of fused-ring (bicyclic) bond motifs is 5. The van der Waals surface area contributed by atoms with E-state index in [-0.39, 0.29) is 46.3 Å². The lowest BCUT2D eigenvalue weighted by atomic mass is 9.43. The first-order chi connectivity index (χ1) is 18.4. The van der Waals surface area contributed by atoms with Gasteiger partial charge in [-0.2, -0.15) is 0 Å². The van der Waals surface area contributed by atoms with Gasteiger partial charge < -0.3 is 14.9 Å². The summed E-state index contributed by atoms with van der Waals surface area (Å²) in [6, 6.07) is 6.01. The van der Waals surface area contributed by atoms with Gasteiger partial charge in [-0.15, -0.1) is 0 Å². The van der Waals surface area contributed by atoms with Crippen LogP contribution in [0.3, 0.4) is 0 Å². The van der Waals surface area contributed by atoms with Gasteiger partial charge in [-0.1, -0.05) is 26.8 Å². The van der Waals surface area contributed by atoms with Gasteiger partial charge in [-0.25, -0.2) is 9.59 Å². The second-order valence-electron chi connectivity index (χ2n) is 13.4. The molecule has 1 aromatic rings. The van der Waals surface area contributed by atoms with Crippen molar-refractivity contribution in [2.75, 3.05) is 0 Å². The number of rotatable bonds is 7. The summed E-state index contributed by atoms with van der Waals surface area (Å²) in [5.74, 6) is -0.200. The maximum Gasteiger partial charge on any atom is 0.338 e. The molecule has 39 heavy (non-hydrogen) atoms. The smallest absolute Gasteiger partial charge is 0.338 e. The van der Waals surface area contributed by atoms with Crippen molar-refractivity contribution in [3.8, 4) is 0 Å². The summed E-state index contributed by atoms with van der Waals surface area (Å²) in [5.41, 5.74) is 0.389. The van der Waals surface area contributed by atoms with Crippen molar-refractivity contribution in [3.05, 3.63) is 35.4 Å². The number of esters is 1. The van der Waals surface area contributed by atoms with Crippen LogP contribution in [-0.2, 0) is 14.3 Å². The van der Waals surface area contributed by atoms with E-state index in [0.717, 1.165) is 32.1 Å². The molecule has 1 unspecified atom stereocenters. The maximum atomic E-state index is 13.4. The van der Waals surface area contributed by atoms with E-state index >= 15 is 0 Å². The monoisotopic (exact) mass is 538 g/mol. The largest absolute Gasteiger partial charge is 0.481 e. The Hall–Kier alpha value is -2.70. The zero-order chi connectivity index (χ0) is 28.1. The third-order valence-corrected chi connectivity index (χ3v) is 11.7. The average Bonchev–Trinajstić information content (AvgIpc) is 3.25. The summed E-state index contributed by atoms with van der Waals surface area (Å²) in [6.45, 7) is 6.95. The minimum absolute atomic E-state index is 0.0407. The van der Waals surface area contributed by atoms with E-state index in [9.17, 15) is 29.4 Å². The number of hydrogen-bond acceptors (Lipinski definition) is 5. The number of aromatic carboxylic acids is 1. The van der Waals surface area contributed by atoms with Crippen molar-refractivity contribution in [1.29, 1.82) is 0 Å². The Balaban J connectivity index is 1.45. The minimum atomic E-state index is -1.09. The number of benzene rings is 1. The summed E-state index contributed by atoms with van der Waals surface area (Å²) in [5, 5.41) is 18.7. The Bertz CT molecular complexity index is 1160. The van der Waals surface area contributed by atoms with Crippen LogP contribution in [0.25, 0.3) is 0 Å². The zero-order valence-electron chi connectivity index (χ0n) is 23.4. The summed E-state index contributed by atoms with van der Waals surface area (Å²) in [7, 11) is 0. The lowest BCUT2D eigenvalue weighted by molar-refractivity contribution is -0.170. The molecule has 4 aliphatic rings. The van der Waals surface area contributed by atoms with Gasteiger partial charge in [0.2, 0.25) is 0 Å². The Morgan fingerprint density at radius 2 is 1.74 bits per heavy atom. The van der Waals surface area contributed by atoms with Gasteiger partial charge in [0.25, 0.3) is 0 Å². The summed E-state index contributed by atoms with van der Waals surface area (Å²) in [4.78, 5) is 48.7. The molecule has 7 nitrogen and oxygen atoms in total. The van der Waals surface area contributed by atoms with Crippen LogP contribution < -0.4 is 0 Å². The molecule has 212 valence electrons. The molecule has 4 saturated carbocycles. The van der Waals surface area contributed by atoms with Gasteiger partial charge in [0.15, 0.2) is 0 Å². The highest BCUT2D eigenvalue weighted by atomic mass is 16.5. The van der Waals surface area contributed by atoms with E-state index in [1.807, 2.05) is 0 Å². The van der Waals surface area contributed by atoms with Crippen LogP contribution >= 0.6 is 0 Å². The zero-order valence-corrected chi connectivity index (χ0v) is 23.4. The number of ketones is 1. The lowest BCUT2D eigenvalue weighted by Gasteiger charge is -2.62. The van der Waals surface area contributed by atoms with Gasteiger partial charge in [0.1, 0.15) is 11.9 Å². The van der Waals surface area contributed by atoms with Crippen molar-refractivity contribution in [3.63, 3.8) is 0 Å². The highest BCUT2D eigenvalue weighted by Gasteiger charge is 2.63. The Morgan fingerprint density at radius 3 is 2.46 bits per heavy atom. The average molecular weight is 539 g/mol. The molecule has 9 atom stereocenters. The third kappa shape index (κ3) is 4.91. The molecule has 5 rings (SSSR count). The summed E-state index contributed by atoms with van der Waals surface area (Å²) >= 11 is 0. The molecule has 4 fully saturated rings. The molecule has 0 radical (unpaired) electrons. The molecule has 0 saturated heterocycles. The van der Waals surface area contributed by atoms with Crippen molar-refractivity contribution in [1.82, 2.24) is 0 Å². The molecule has 0 bridgehead atoms. The third-order valence-electron chi connectivity index (χ3n) is 11.7. The van der Waals surface area contributed by atoms with Gasteiger partial charge in [-0.3, -0.25) is 9.59 Å². The van der Waals surface area contributed by atoms with E-state index in [0.29, 0.717) is 55.1 Å². The van der Waals surface area contributed by atoms with Crippen molar-refractivity contribution < 1.29 is 34.1 Å². The molecule has 0 amide bonds. The summed E-state index contributed by atoms with van der Waals surface area (Å²) in [6.07, 6.45) is 7.48. The van der Waals surface area contributed by atoms with Crippen molar-refractivity contribution >= 4 is 23.7 Å². The molecule has 7 heteroatoms. The van der Waals surface area contributed by atoms with E-state index in [1.165, 1.54) is 12.1 Å². The molecule has 0 spiro atoms. The quantitative estimate of drug-likeness (QED) is 0.394. The van der Waals surface area contributed by atoms with Gasteiger partial charge in [0.05, 0.1) is 11.1 Å². The topological polar surface area (TPSA) is 118 Å². The normalized spacial score (nSPS) is 38.2. The van der Waals surface area contributed by atoms with Gasteiger partial charge in [-0.05, 0) is 104 Å².